The van der Waals surface area contributed by atoms with Gasteiger partial charge in [0, 0.05) is 16.1 Å². The van der Waals surface area contributed by atoms with Crippen molar-refractivity contribution in [1.29, 1.82) is 0 Å². The van der Waals surface area contributed by atoms with Gasteiger partial charge in [0.05, 0.1) is 14.1 Å². The van der Waals surface area contributed by atoms with E-state index in [1.165, 1.54) is 16.3 Å². The van der Waals surface area contributed by atoms with Gasteiger partial charge in [-0.3, -0.25) is 4.79 Å². The number of fused-ring (bicyclic) bond motifs is 1. The molecular formula is C21H21ClINO. The maximum Gasteiger partial charge on any atom is 0.216 e. The molecule has 4 heteroatoms. The lowest BCUT2D eigenvalue weighted by atomic mass is 10.0. The fraction of sp³-hybridized carbons (Fsp3) is 0.190. The molecule has 0 amide bonds. The Bertz CT molecular complexity index is 869. The van der Waals surface area contributed by atoms with Crippen LogP contribution in [0, 0.1) is 0 Å². The lowest BCUT2D eigenvalue weighted by molar-refractivity contribution is -0.895. The molecule has 0 saturated carbocycles. The number of halogens is 2. The quantitative estimate of drug-likeness (QED) is 0.320. The summed E-state index contributed by atoms with van der Waals surface area (Å²) in [5.74, 6) is 0.136. The second-order valence-corrected chi connectivity index (χ2v) is 7.26. The number of hydrogen-bond acceptors (Lipinski definition) is 1. The third kappa shape index (κ3) is 5.03. The second kappa shape index (κ2) is 8.30. The molecule has 0 atom stereocenters. The first kappa shape index (κ1) is 19.9. The number of nitrogens with zero attached hydrogens (tertiary/aromatic N) is 1. The van der Waals surface area contributed by atoms with E-state index in [-0.39, 0.29) is 29.8 Å². The van der Waals surface area contributed by atoms with Gasteiger partial charge >= 0.3 is 0 Å². The predicted octanol–water partition coefficient (Wildman–Crippen LogP) is 1.96. The number of carbonyl (C=O) groups is 1. The van der Waals surface area contributed by atoms with Crippen molar-refractivity contribution in [3.05, 3.63) is 82.9 Å². The summed E-state index contributed by atoms with van der Waals surface area (Å²) in [6, 6.07) is 21.8. The first-order valence-corrected chi connectivity index (χ1v) is 8.40. The van der Waals surface area contributed by atoms with Crippen molar-refractivity contribution in [3.8, 4) is 0 Å². The molecule has 130 valence electrons. The van der Waals surface area contributed by atoms with Gasteiger partial charge in [-0.1, -0.05) is 54.1 Å². The maximum atomic E-state index is 12.6. The van der Waals surface area contributed by atoms with Gasteiger partial charge in [-0.05, 0) is 35.0 Å². The summed E-state index contributed by atoms with van der Waals surface area (Å²) in [4.78, 5) is 12.6. The lowest BCUT2D eigenvalue weighted by Crippen LogP contribution is -3.00. The molecule has 2 nitrogen and oxygen atoms in total. The standard InChI is InChI=1S/C21H21ClNO.HI/c1-23(2,15-21(24)17-10-12-19(22)13-11-17)14-18-8-5-7-16-6-3-4-9-20(16)18;/h3-13H,14-15H2,1-2H3;1H/q+1;/p-1. The topological polar surface area (TPSA) is 17.1 Å². The number of likely N-dealkylation sites (N-methyl/N-ethyl adjacent to an activating group) is 1. The van der Waals surface area contributed by atoms with Gasteiger partial charge in [-0.2, -0.15) is 0 Å². The van der Waals surface area contributed by atoms with E-state index >= 15 is 0 Å². The van der Waals surface area contributed by atoms with E-state index in [1.807, 2.05) is 0 Å². The number of rotatable bonds is 5. The minimum Gasteiger partial charge on any atom is -1.00 e. The van der Waals surface area contributed by atoms with Crippen LogP contribution >= 0.6 is 11.6 Å². The first-order valence-electron chi connectivity index (χ1n) is 8.02. The van der Waals surface area contributed by atoms with Crippen LogP contribution in [0.2, 0.25) is 5.02 Å². The number of hydrogen-bond donors (Lipinski definition) is 0. The van der Waals surface area contributed by atoms with Crippen LogP contribution < -0.4 is 24.0 Å². The van der Waals surface area contributed by atoms with Crippen LogP contribution in [0.25, 0.3) is 10.8 Å². The third-order valence-electron chi connectivity index (χ3n) is 4.22. The number of carbonyl (C=O) groups excluding carboxylic acids is 1. The molecule has 0 unspecified atom stereocenters. The van der Waals surface area contributed by atoms with Gasteiger partial charge in [-0.15, -0.1) is 0 Å². The van der Waals surface area contributed by atoms with Crippen molar-refractivity contribution >= 4 is 28.2 Å². The maximum absolute atomic E-state index is 12.6. The fourth-order valence-electron chi connectivity index (χ4n) is 3.06. The Hall–Kier alpha value is -1.43. The number of ketones is 1. The SMILES string of the molecule is C[N+](C)(CC(=O)c1ccc(Cl)cc1)Cc1cccc2ccccc12.[I-]. The average Bonchev–Trinajstić information content (AvgIpc) is 2.55. The van der Waals surface area contributed by atoms with E-state index in [0.29, 0.717) is 21.6 Å². The number of benzene rings is 3. The second-order valence-electron chi connectivity index (χ2n) is 6.82. The van der Waals surface area contributed by atoms with Crippen molar-refractivity contribution in [2.75, 3.05) is 20.6 Å². The average molecular weight is 466 g/mol. The van der Waals surface area contributed by atoms with Crippen LogP contribution in [0.15, 0.2) is 66.7 Å². The molecule has 0 aromatic heterocycles. The molecule has 0 aliphatic heterocycles. The summed E-state index contributed by atoms with van der Waals surface area (Å²) < 4.78 is 0.607. The van der Waals surface area contributed by atoms with Crippen molar-refractivity contribution in [2.24, 2.45) is 0 Å². The minimum absolute atomic E-state index is 0. The molecule has 0 bridgehead atoms. The summed E-state index contributed by atoms with van der Waals surface area (Å²) in [5.41, 5.74) is 1.98. The normalized spacial score (nSPS) is 11.2. The van der Waals surface area contributed by atoms with Gasteiger partial charge in [0.1, 0.15) is 13.1 Å². The molecule has 0 aliphatic carbocycles. The van der Waals surface area contributed by atoms with Crippen LogP contribution in [-0.2, 0) is 6.54 Å². The summed E-state index contributed by atoms with van der Waals surface area (Å²) in [5, 5.41) is 3.14. The van der Waals surface area contributed by atoms with E-state index in [1.54, 1.807) is 24.3 Å². The van der Waals surface area contributed by atoms with Crippen LogP contribution in [0.4, 0.5) is 0 Å². The van der Waals surface area contributed by atoms with E-state index in [2.05, 4.69) is 56.6 Å². The summed E-state index contributed by atoms with van der Waals surface area (Å²) >= 11 is 5.90. The molecule has 0 fully saturated rings. The van der Waals surface area contributed by atoms with Crippen molar-refractivity contribution in [3.63, 3.8) is 0 Å². The van der Waals surface area contributed by atoms with Crippen molar-refractivity contribution in [1.82, 2.24) is 0 Å². The van der Waals surface area contributed by atoms with Crippen LogP contribution in [0.5, 0.6) is 0 Å². The van der Waals surface area contributed by atoms with E-state index in [4.69, 9.17) is 11.6 Å². The molecule has 3 rings (SSSR count). The molecule has 0 saturated heterocycles. The summed E-state index contributed by atoms with van der Waals surface area (Å²) in [6.45, 7) is 1.26. The molecule has 0 N–H and O–H groups in total. The van der Waals surface area contributed by atoms with Crippen LogP contribution in [0.3, 0.4) is 0 Å². The Labute approximate surface area is 171 Å². The number of Topliss-reactive ketones (excluding diaryl/α,β-unsaturated/α-hetero) is 1. The largest absolute Gasteiger partial charge is 1.00 e. The van der Waals surface area contributed by atoms with Crippen LogP contribution in [-0.4, -0.2) is 30.9 Å². The Balaban J connectivity index is 0.00000225. The number of quaternary nitrogens is 1. The van der Waals surface area contributed by atoms with E-state index in [9.17, 15) is 4.79 Å². The van der Waals surface area contributed by atoms with Crippen molar-refractivity contribution < 1.29 is 33.3 Å². The highest BCUT2D eigenvalue weighted by Crippen LogP contribution is 2.22. The highest BCUT2D eigenvalue weighted by atomic mass is 127. The van der Waals surface area contributed by atoms with Gasteiger partial charge in [0.25, 0.3) is 0 Å². The zero-order valence-corrected chi connectivity index (χ0v) is 17.3. The zero-order valence-electron chi connectivity index (χ0n) is 14.4. The Morgan fingerprint density at radius 2 is 1.56 bits per heavy atom. The van der Waals surface area contributed by atoms with E-state index in [0.717, 1.165) is 6.54 Å². The Kier molecular flexibility index (Phi) is 6.60. The molecule has 3 aromatic rings. The zero-order chi connectivity index (χ0) is 17.2. The molecule has 0 aliphatic rings. The summed E-state index contributed by atoms with van der Waals surface area (Å²) in [7, 11) is 4.19. The minimum atomic E-state index is 0. The molecule has 25 heavy (non-hydrogen) atoms. The van der Waals surface area contributed by atoms with Crippen LogP contribution in [0.1, 0.15) is 15.9 Å². The van der Waals surface area contributed by atoms with E-state index < -0.39 is 0 Å². The van der Waals surface area contributed by atoms with Gasteiger partial charge < -0.3 is 28.5 Å². The van der Waals surface area contributed by atoms with Gasteiger partial charge in [0.15, 0.2) is 0 Å². The van der Waals surface area contributed by atoms with Crippen molar-refractivity contribution in [2.45, 2.75) is 6.54 Å². The fourth-order valence-corrected chi connectivity index (χ4v) is 3.19. The smallest absolute Gasteiger partial charge is 0.216 e. The predicted molar refractivity (Wildman–Crippen MR) is 100 cm³/mol. The lowest BCUT2D eigenvalue weighted by Gasteiger charge is -2.29. The highest BCUT2D eigenvalue weighted by Gasteiger charge is 2.22. The van der Waals surface area contributed by atoms with Gasteiger partial charge in [-0.25, -0.2) is 0 Å². The monoisotopic (exact) mass is 465 g/mol. The first-order chi connectivity index (χ1) is 11.4. The highest BCUT2D eigenvalue weighted by molar-refractivity contribution is 6.30. The summed E-state index contributed by atoms with van der Waals surface area (Å²) in [6.07, 6.45) is 0. The molecule has 3 aromatic carbocycles. The van der Waals surface area contributed by atoms with Gasteiger partial charge in [0.2, 0.25) is 5.78 Å². The third-order valence-corrected chi connectivity index (χ3v) is 4.47. The Morgan fingerprint density at radius 3 is 2.28 bits per heavy atom. The molecule has 0 spiro atoms. The Morgan fingerprint density at radius 1 is 0.920 bits per heavy atom. The molecule has 0 heterocycles. The molecule has 0 radical (unpaired) electrons. The molecular weight excluding hydrogens is 445 g/mol.